The summed E-state index contributed by atoms with van der Waals surface area (Å²) in [6, 6.07) is 17.2. The molecule has 3 aliphatic rings. The van der Waals surface area contributed by atoms with Gasteiger partial charge in [0.25, 0.3) is 0 Å². The molecule has 3 aromatic carbocycles. The van der Waals surface area contributed by atoms with Crippen molar-refractivity contribution in [3.8, 4) is 18.1 Å². The number of nitrogens with one attached hydrogen (secondary N) is 2. The number of hydrogen-bond donors (Lipinski definition) is 2. The van der Waals surface area contributed by atoms with Gasteiger partial charge in [0.15, 0.2) is 0 Å². The predicted octanol–water partition coefficient (Wildman–Crippen LogP) is 5.99. The van der Waals surface area contributed by atoms with E-state index in [1.165, 1.54) is 0 Å². The number of fused-ring (bicyclic) bond motifs is 2. The number of terminal acetylenes is 1. The van der Waals surface area contributed by atoms with Crippen molar-refractivity contribution in [1.82, 2.24) is 10.2 Å². The Kier molecular flexibility index (Phi) is 7.85. The topological polar surface area (TPSA) is 87.7 Å². The number of hydrogen-bond acceptors (Lipinski definition) is 4. The largest absolute Gasteiger partial charge is 0.490 e. The molecule has 0 aromatic heterocycles. The fourth-order valence-electron chi connectivity index (χ4n) is 6.87. The van der Waals surface area contributed by atoms with Crippen molar-refractivity contribution in [2.75, 3.05) is 18.4 Å². The van der Waals surface area contributed by atoms with E-state index in [9.17, 15) is 14.4 Å². The molecule has 2 saturated heterocycles. The van der Waals surface area contributed by atoms with E-state index in [2.05, 4.69) is 16.6 Å². The van der Waals surface area contributed by atoms with Gasteiger partial charge in [-0.2, -0.15) is 0 Å². The van der Waals surface area contributed by atoms with E-state index in [0.29, 0.717) is 65.0 Å². The van der Waals surface area contributed by atoms with Crippen LogP contribution < -0.4 is 15.4 Å². The summed E-state index contributed by atoms with van der Waals surface area (Å²) in [5, 5.41) is 7.20. The Bertz CT molecular complexity index is 1660. The second kappa shape index (κ2) is 11.6. The third-order valence-corrected chi connectivity index (χ3v) is 9.35. The monoisotopic (exact) mass is 615 g/mol. The lowest BCUT2D eigenvalue weighted by Crippen LogP contribution is -2.57. The Hall–Kier alpha value is -3.99. The quantitative estimate of drug-likeness (QED) is 0.345. The smallest absolute Gasteiger partial charge is 0.238 e. The minimum Gasteiger partial charge on any atom is -0.490 e. The van der Waals surface area contributed by atoms with Crippen LogP contribution in [0.3, 0.4) is 0 Å². The van der Waals surface area contributed by atoms with Crippen molar-refractivity contribution in [3.63, 3.8) is 0 Å². The molecule has 3 heterocycles. The highest BCUT2D eigenvalue weighted by Crippen LogP contribution is 2.58. The van der Waals surface area contributed by atoms with E-state index in [-0.39, 0.29) is 30.2 Å². The Morgan fingerprint density at radius 2 is 1.84 bits per heavy atom. The zero-order chi connectivity index (χ0) is 30.3. The molecule has 7 nitrogen and oxygen atoms in total. The van der Waals surface area contributed by atoms with Gasteiger partial charge in [0.1, 0.15) is 17.3 Å². The highest BCUT2D eigenvalue weighted by atomic mass is 35.5. The molecule has 2 N–H and O–H groups in total. The van der Waals surface area contributed by atoms with Crippen molar-refractivity contribution < 1.29 is 19.1 Å². The molecular weight excluding hydrogens is 585 g/mol. The average Bonchev–Trinajstić information content (AvgIpc) is 3.29. The van der Waals surface area contributed by atoms with Gasteiger partial charge in [-0.25, -0.2) is 0 Å². The van der Waals surface area contributed by atoms with E-state index in [4.69, 9.17) is 34.4 Å². The lowest BCUT2D eigenvalue weighted by molar-refractivity contribution is -0.133. The Morgan fingerprint density at radius 3 is 2.56 bits per heavy atom. The number of halogens is 2. The van der Waals surface area contributed by atoms with Gasteiger partial charge in [0.2, 0.25) is 17.7 Å². The molecule has 6 rings (SSSR count). The van der Waals surface area contributed by atoms with E-state index in [0.717, 1.165) is 11.1 Å². The summed E-state index contributed by atoms with van der Waals surface area (Å²) >= 11 is 12.8. The van der Waals surface area contributed by atoms with Crippen LogP contribution in [0.15, 0.2) is 60.7 Å². The molecule has 0 saturated carbocycles. The van der Waals surface area contributed by atoms with Crippen LogP contribution >= 0.6 is 23.2 Å². The minimum atomic E-state index is -1.26. The van der Waals surface area contributed by atoms with Crippen LogP contribution in [0.4, 0.5) is 5.69 Å². The molecule has 3 unspecified atom stereocenters. The number of anilines is 1. The number of carbonyl (C=O) groups is 3. The SMILES string of the molecule is C#Cc1ccc(OC2CCN(C(=O)CC)CC2)c(C2NC(=O)CC(c3cccc(Cl)c3)C23C(=O)Nc2cc(Cl)ccc23)c1. The lowest BCUT2D eigenvalue weighted by atomic mass is 9.59. The summed E-state index contributed by atoms with van der Waals surface area (Å²) in [6.07, 6.45) is 7.55. The van der Waals surface area contributed by atoms with E-state index in [1.54, 1.807) is 24.3 Å². The van der Waals surface area contributed by atoms with Crippen LogP contribution in [0, 0.1) is 12.3 Å². The van der Waals surface area contributed by atoms with Gasteiger partial charge in [0, 0.05) is 71.6 Å². The van der Waals surface area contributed by atoms with Crippen LogP contribution in [0.25, 0.3) is 0 Å². The Balaban J connectivity index is 1.49. The summed E-state index contributed by atoms with van der Waals surface area (Å²) in [5.41, 5.74) is 2.03. The molecule has 43 heavy (non-hydrogen) atoms. The maximum absolute atomic E-state index is 14.4. The molecule has 220 valence electrons. The minimum absolute atomic E-state index is 0.0707. The summed E-state index contributed by atoms with van der Waals surface area (Å²) in [6.45, 7) is 3.07. The fraction of sp³-hybridized carbons (Fsp3) is 0.324. The standard InChI is InChI=1S/C34H31Cl2N3O4/c1-3-20-8-11-29(43-24-12-14-39(15-13-24)31(41)4-2)25(16-20)32-34(26-10-9-23(36)18-28(26)37-33(34)42)27(19-30(40)38-32)21-6-5-7-22(35)17-21/h1,5-11,16-18,24,27,32H,4,12-15,19H2,2H3,(H,37,42)(H,38,40). The fourth-order valence-corrected chi connectivity index (χ4v) is 7.24. The number of amides is 3. The van der Waals surface area contributed by atoms with Crippen LogP contribution in [0.2, 0.25) is 10.0 Å². The van der Waals surface area contributed by atoms with Crippen LogP contribution in [-0.4, -0.2) is 41.8 Å². The van der Waals surface area contributed by atoms with Crippen molar-refractivity contribution in [2.24, 2.45) is 0 Å². The van der Waals surface area contributed by atoms with Crippen molar-refractivity contribution in [2.45, 2.75) is 56.1 Å². The highest BCUT2D eigenvalue weighted by Gasteiger charge is 2.61. The number of ether oxygens (including phenoxy) is 1. The molecule has 3 atom stereocenters. The number of carbonyl (C=O) groups excluding carboxylic acids is 3. The van der Waals surface area contributed by atoms with Gasteiger partial charge < -0.3 is 20.3 Å². The van der Waals surface area contributed by atoms with Gasteiger partial charge >= 0.3 is 0 Å². The first-order valence-electron chi connectivity index (χ1n) is 14.5. The molecule has 3 aliphatic heterocycles. The Morgan fingerprint density at radius 1 is 1.07 bits per heavy atom. The molecule has 0 aliphatic carbocycles. The second-order valence-electron chi connectivity index (χ2n) is 11.3. The highest BCUT2D eigenvalue weighted by molar-refractivity contribution is 6.31. The number of likely N-dealkylation sites (tertiary alicyclic amines) is 1. The molecule has 3 amide bonds. The van der Waals surface area contributed by atoms with Crippen molar-refractivity contribution in [1.29, 1.82) is 0 Å². The second-order valence-corrected chi connectivity index (χ2v) is 12.1. The molecule has 0 radical (unpaired) electrons. The maximum Gasteiger partial charge on any atom is 0.238 e. The van der Waals surface area contributed by atoms with Gasteiger partial charge in [-0.1, -0.05) is 54.2 Å². The number of piperidine rings is 2. The van der Waals surface area contributed by atoms with Gasteiger partial charge in [-0.3, -0.25) is 14.4 Å². The summed E-state index contributed by atoms with van der Waals surface area (Å²) in [7, 11) is 0. The van der Waals surface area contributed by atoms with E-state index < -0.39 is 17.4 Å². The number of benzene rings is 3. The molecular formula is C34H31Cl2N3O4. The van der Waals surface area contributed by atoms with Gasteiger partial charge in [-0.15, -0.1) is 6.42 Å². The van der Waals surface area contributed by atoms with Crippen molar-refractivity contribution >= 4 is 46.6 Å². The molecule has 3 aromatic rings. The normalized spacial score (nSPS) is 23.3. The molecule has 2 fully saturated rings. The Labute approximate surface area is 260 Å². The predicted molar refractivity (Wildman–Crippen MR) is 166 cm³/mol. The average molecular weight is 617 g/mol. The van der Waals surface area contributed by atoms with Crippen LogP contribution in [0.5, 0.6) is 5.75 Å². The van der Waals surface area contributed by atoms with E-state index >= 15 is 0 Å². The molecule has 0 bridgehead atoms. The lowest BCUT2D eigenvalue weighted by Gasteiger charge is -2.47. The van der Waals surface area contributed by atoms with Gasteiger partial charge in [0.05, 0.1) is 6.04 Å². The van der Waals surface area contributed by atoms with Gasteiger partial charge in [-0.05, 0) is 53.6 Å². The summed E-state index contributed by atoms with van der Waals surface area (Å²) in [4.78, 5) is 42.0. The van der Waals surface area contributed by atoms with Crippen LogP contribution in [0.1, 0.15) is 66.8 Å². The third kappa shape index (κ3) is 5.13. The van der Waals surface area contributed by atoms with E-state index in [1.807, 2.05) is 48.2 Å². The molecule has 1 spiro atoms. The van der Waals surface area contributed by atoms with Crippen molar-refractivity contribution in [3.05, 3.63) is 93.0 Å². The first-order valence-corrected chi connectivity index (χ1v) is 15.2. The summed E-state index contributed by atoms with van der Waals surface area (Å²) in [5.74, 6) is 2.33. The number of rotatable bonds is 5. The van der Waals surface area contributed by atoms with Crippen LogP contribution in [-0.2, 0) is 19.8 Å². The first-order chi connectivity index (χ1) is 20.7. The summed E-state index contributed by atoms with van der Waals surface area (Å²) < 4.78 is 6.61. The zero-order valence-electron chi connectivity index (χ0n) is 23.7. The number of nitrogens with zero attached hydrogens (tertiary/aromatic N) is 1. The zero-order valence-corrected chi connectivity index (χ0v) is 25.2. The maximum atomic E-state index is 14.4. The molecule has 9 heteroatoms. The first kappa shape index (κ1) is 29.1. The third-order valence-electron chi connectivity index (χ3n) is 8.88.